The minimum atomic E-state index is 0.503. The Bertz CT molecular complexity index is 545. The van der Waals surface area contributed by atoms with E-state index in [9.17, 15) is 0 Å². The smallest absolute Gasteiger partial charge is 0.226 e. The lowest BCUT2D eigenvalue weighted by molar-refractivity contribution is 0.370. The quantitative estimate of drug-likeness (QED) is 0.779. The van der Waals surface area contributed by atoms with E-state index < -0.39 is 0 Å². The van der Waals surface area contributed by atoms with Gasteiger partial charge in [0.25, 0.3) is 0 Å². The fraction of sp³-hybridized carbons (Fsp3) is 0.692. The maximum absolute atomic E-state index is 5.15. The van der Waals surface area contributed by atoms with Gasteiger partial charge in [-0.25, -0.2) is 4.68 Å². The molecule has 0 aliphatic heterocycles. The molecule has 2 aromatic rings. The van der Waals surface area contributed by atoms with Crippen molar-refractivity contribution in [3.8, 4) is 0 Å². The van der Waals surface area contributed by atoms with E-state index in [4.69, 9.17) is 4.52 Å². The molecule has 2 heterocycles. The zero-order chi connectivity index (χ0) is 13.8. The van der Waals surface area contributed by atoms with Crippen molar-refractivity contribution in [2.45, 2.75) is 45.7 Å². The maximum atomic E-state index is 5.15. The van der Waals surface area contributed by atoms with Gasteiger partial charge in [-0.05, 0) is 31.7 Å². The van der Waals surface area contributed by atoms with Crippen LogP contribution in [0.25, 0.3) is 0 Å². The Morgan fingerprint density at radius 2 is 2.35 bits per heavy atom. The third kappa shape index (κ3) is 3.63. The third-order valence-corrected chi connectivity index (χ3v) is 3.30. The van der Waals surface area contributed by atoms with Crippen molar-refractivity contribution < 1.29 is 4.52 Å². The molecule has 0 spiro atoms. The number of hydrogen-bond acceptors (Lipinski definition) is 6. The number of hydrogen-bond donors (Lipinski definition) is 1. The summed E-state index contributed by atoms with van der Waals surface area (Å²) in [5.74, 6) is 2.21. The molecule has 1 aliphatic carbocycles. The SMILES string of the molecule is CCCc1nc(Cn2cc(CNCC3CC3)nn2)no1. The van der Waals surface area contributed by atoms with E-state index in [0.717, 1.165) is 37.5 Å². The standard InChI is InChI=1S/C13H20N6O/c1-2-3-13-15-12(17-20-13)9-19-8-11(16-18-19)7-14-6-10-4-5-10/h8,10,14H,2-7,9H2,1H3. The summed E-state index contributed by atoms with van der Waals surface area (Å²) in [6.45, 7) is 4.44. The van der Waals surface area contributed by atoms with Crippen LogP contribution in [0.4, 0.5) is 0 Å². The van der Waals surface area contributed by atoms with Crippen LogP contribution in [0.5, 0.6) is 0 Å². The van der Waals surface area contributed by atoms with Crippen LogP contribution in [-0.4, -0.2) is 31.7 Å². The van der Waals surface area contributed by atoms with Crippen molar-refractivity contribution in [2.75, 3.05) is 6.54 Å². The van der Waals surface area contributed by atoms with E-state index in [-0.39, 0.29) is 0 Å². The van der Waals surface area contributed by atoms with Crippen LogP contribution >= 0.6 is 0 Å². The largest absolute Gasteiger partial charge is 0.339 e. The second-order valence-corrected chi connectivity index (χ2v) is 5.34. The van der Waals surface area contributed by atoms with E-state index in [0.29, 0.717) is 18.3 Å². The first-order valence-corrected chi connectivity index (χ1v) is 7.24. The first-order valence-electron chi connectivity index (χ1n) is 7.24. The molecule has 0 bridgehead atoms. The Kier molecular flexibility index (Phi) is 4.05. The maximum Gasteiger partial charge on any atom is 0.226 e. The molecule has 20 heavy (non-hydrogen) atoms. The van der Waals surface area contributed by atoms with Crippen LogP contribution in [0, 0.1) is 5.92 Å². The van der Waals surface area contributed by atoms with Crippen LogP contribution in [0.15, 0.2) is 10.7 Å². The summed E-state index contributed by atoms with van der Waals surface area (Å²) in [4.78, 5) is 4.32. The van der Waals surface area contributed by atoms with Gasteiger partial charge in [-0.3, -0.25) is 0 Å². The summed E-state index contributed by atoms with van der Waals surface area (Å²) in [6.07, 6.45) is 6.47. The monoisotopic (exact) mass is 276 g/mol. The Morgan fingerprint density at radius 1 is 1.45 bits per heavy atom. The number of nitrogens with one attached hydrogen (secondary N) is 1. The van der Waals surface area contributed by atoms with Crippen molar-refractivity contribution in [3.63, 3.8) is 0 Å². The first kappa shape index (κ1) is 13.2. The summed E-state index contributed by atoms with van der Waals surface area (Å²) in [5, 5.41) is 15.6. The molecule has 0 amide bonds. The number of rotatable bonds is 8. The highest BCUT2D eigenvalue weighted by atomic mass is 16.5. The predicted molar refractivity (Wildman–Crippen MR) is 71.8 cm³/mol. The van der Waals surface area contributed by atoms with Crippen LogP contribution in [0.1, 0.15) is 43.6 Å². The normalized spacial score (nSPS) is 14.8. The molecular formula is C13H20N6O. The van der Waals surface area contributed by atoms with Gasteiger partial charge in [-0.15, -0.1) is 5.10 Å². The highest BCUT2D eigenvalue weighted by Crippen LogP contribution is 2.27. The fourth-order valence-electron chi connectivity index (χ4n) is 2.04. The van der Waals surface area contributed by atoms with E-state index in [2.05, 4.69) is 32.7 Å². The summed E-state index contributed by atoms with van der Waals surface area (Å²) < 4.78 is 6.89. The van der Waals surface area contributed by atoms with Gasteiger partial charge in [0.15, 0.2) is 5.82 Å². The molecule has 1 saturated carbocycles. The molecule has 3 rings (SSSR count). The predicted octanol–water partition coefficient (Wildman–Crippen LogP) is 1.16. The van der Waals surface area contributed by atoms with Gasteiger partial charge in [0, 0.05) is 13.0 Å². The van der Waals surface area contributed by atoms with E-state index in [1.54, 1.807) is 4.68 Å². The van der Waals surface area contributed by atoms with Crippen LogP contribution in [-0.2, 0) is 19.5 Å². The number of aromatic nitrogens is 5. The summed E-state index contributed by atoms with van der Waals surface area (Å²) >= 11 is 0. The highest BCUT2D eigenvalue weighted by Gasteiger charge is 2.20. The minimum Gasteiger partial charge on any atom is -0.339 e. The van der Waals surface area contributed by atoms with Crippen LogP contribution in [0.3, 0.4) is 0 Å². The molecule has 2 aromatic heterocycles. The lowest BCUT2D eigenvalue weighted by Crippen LogP contribution is -2.16. The van der Waals surface area contributed by atoms with Gasteiger partial charge in [-0.2, -0.15) is 4.98 Å². The molecule has 0 radical (unpaired) electrons. The average Bonchev–Trinajstić information content (AvgIpc) is 2.98. The van der Waals surface area contributed by atoms with E-state index >= 15 is 0 Å². The topological polar surface area (TPSA) is 81.7 Å². The molecule has 0 atom stereocenters. The van der Waals surface area contributed by atoms with Gasteiger partial charge in [-0.1, -0.05) is 17.3 Å². The second-order valence-electron chi connectivity index (χ2n) is 5.34. The van der Waals surface area contributed by atoms with Crippen molar-refractivity contribution >= 4 is 0 Å². The third-order valence-electron chi connectivity index (χ3n) is 3.30. The van der Waals surface area contributed by atoms with E-state index in [1.807, 2.05) is 6.20 Å². The highest BCUT2D eigenvalue weighted by molar-refractivity contribution is 4.95. The van der Waals surface area contributed by atoms with Crippen molar-refractivity contribution in [1.82, 2.24) is 30.5 Å². The second kappa shape index (κ2) is 6.13. The Labute approximate surface area is 117 Å². The molecule has 7 nitrogen and oxygen atoms in total. The van der Waals surface area contributed by atoms with Gasteiger partial charge in [0.2, 0.25) is 5.89 Å². The Morgan fingerprint density at radius 3 is 3.15 bits per heavy atom. The van der Waals surface area contributed by atoms with Crippen molar-refractivity contribution in [2.24, 2.45) is 5.92 Å². The molecule has 1 N–H and O–H groups in total. The first-order chi connectivity index (χ1) is 9.83. The molecule has 1 fully saturated rings. The Balaban J connectivity index is 1.49. The zero-order valence-electron chi connectivity index (χ0n) is 11.7. The molecule has 0 unspecified atom stereocenters. The summed E-state index contributed by atoms with van der Waals surface area (Å²) in [5.41, 5.74) is 0.947. The molecule has 108 valence electrons. The molecule has 0 saturated heterocycles. The molecule has 0 aromatic carbocycles. The fourth-order valence-corrected chi connectivity index (χ4v) is 2.04. The van der Waals surface area contributed by atoms with Gasteiger partial charge in [0.05, 0.1) is 11.9 Å². The minimum absolute atomic E-state index is 0.503. The molecule has 1 aliphatic rings. The lowest BCUT2D eigenvalue weighted by Gasteiger charge is -1.98. The van der Waals surface area contributed by atoms with E-state index in [1.165, 1.54) is 12.8 Å². The molecular weight excluding hydrogens is 256 g/mol. The summed E-state index contributed by atoms with van der Waals surface area (Å²) in [6, 6.07) is 0. The van der Waals surface area contributed by atoms with Crippen molar-refractivity contribution in [3.05, 3.63) is 23.6 Å². The summed E-state index contributed by atoms with van der Waals surface area (Å²) in [7, 11) is 0. The number of nitrogens with zero attached hydrogens (tertiary/aromatic N) is 5. The number of aryl methyl sites for hydroxylation is 1. The van der Waals surface area contributed by atoms with Gasteiger partial charge in [0.1, 0.15) is 6.54 Å². The molecule has 7 heteroatoms. The Hall–Kier alpha value is -1.76. The lowest BCUT2D eigenvalue weighted by atomic mass is 10.3. The van der Waals surface area contributed by atoms with Crippen molar-refractivity contribution in [1.29, 1.82) is 0 Å². The van der Waals surface area contributed by atoms with Gasteiger partial charge >= 0.3 is 0 Å². The van der Waals surface area contributed by atoms with Gasteiger partial charge < -0.3 is 9.84 Å². The zero-order valence-corrected chi connectivity index (χ0v) is 11.7. The van der Waals surface area contributed by atoms with Crippen LogP contribution < -0.4 is 5.32 Å². The average molecular weight is 276 g/mol. The van der Waals surface area contributed by atoms with Crippen LogP contribution in [0.2, 0.25) is 0 Å².